The third-order valence-corrected chi connectivity index (χ3v) is 13.1. The summed E-state index contributed by atoms with van der Waals surface area (Å²) < 4.78 is 11.7. The van der Waals surface area contributed by atoms with Crippen LogP contribution in [0, 0.1) is 0 Å². The molecular formula is C54H32N4OS. The Morgan fingerprint density at radius 2 is 1.18 bits per heavy atom. The minimum atomic E-state index is 0.633. The maximum atomic E-state index is 7.19. The van der Waals surface area contributed by atoms with Crippen LogP contribution in [0.5, 0.6) is 0 Å². The fourth-order valence-corrected chi connectivity index (χ4v) is 10.5. The molecule has 0 aliphatic rings. The Morgan fingerprint density at radius 1 is 0.483 bits per heavy atom. The molecule has 0 radical (unpaired) electrons. The van der Waals surface area contributed by atoms with Gasteiger partial charge in [-0.05, 0) is 64.7 Å². The van der Waals surface area contributed by atoms with Crippen LogP contribution in [0.4, 0.5) is 17.1 Å². The lowest BCUT2D eigenvalue weighted by atomic mass is 9.99. The average molecular weight is 785 g/mol. The summed E-state index contributed by atoms with van der Waals surface area (Å²) in [6, 6.07) is 68.8. The second-order valence-corrected chi connectivity index (χ2v) is 16.4. The van der Waals surface area contributed by atoms with Gasteiger partial charge in [0.25, 0.3) is 0 Å². The fraction of sp³-hybridized carbons (Fsp3) is 0. The number of hydrogen-bond acceptors (Lipinski definition) is 5. The molecule has 9 aromatic carbocycles. The van der Waals surface area contributed by atoms with E-state index in [-0.39, 0.29) is 0 Å². The highest BCUT2D eigenvalue weighted by Crippen LogP contribution is 2.48. The second-order valence-electron chi connectivity index (χ2n) is 15.3. The van der Waals surface area contributed by atoms with Gasteiger partial charge in [0.1, 0.15) is 11.2 Å². The first-order valence-electron chi connectivity index (χ1n) is 20.2. The maximum absolute atomic E-state index is 7.19. The van der Waals surface area contributed by atoms with Gasteiger partial charge in [0.2, 0.25) is 5.95 Å². The maximum Gasteiger partial charge on any atom is 0.235 e. The Hall–Kier alpha value is -7.80. The van der Waals surface area contributed by atoms with Gasteiger partial charge in [0, 0.05) is 54.6 Å². The molecule has 0 aliphatic heterocycles. The molecule has 280 valence electrons. The predicted molar refractivity (Wildman–Crippen MR) is 252 cm³/mol. The molecule has 0 saturated carbocycles. The van der Waals surface area contributed by atoms with Gasteiger partial charge in [-0.15, -0.1) is 11.3 Å². The Morgan fingerprint density at radius 3 is 2.03 bits per heavy atom. The molecule has 0 saturated heterocycles. The number of rotatable bonds is 5. The molecule has 6 heteroatoms. The molecule has 13 rings (SSSR count). The van der Waals surface area contributed by atoms with Gasteiger partial charge in [-0.25, -0.2) is 9.97 Å². The molecule has 4 heterocycles. The van der Waals surface area contributed by atoms with Gasteiger partial charge in [-0.3, -0.25) is 4.57 Å². The number of hydrogen-bond donors (Lipinski definition) is 0. The summed E-state index contributed by atoms with van der Waals surface area (Å²) in [5, 5.41) is 10.1. The van der Waals surface area contributed by atoms with Crippen LogP contribution >= 0.6 is 11.3 Å². The lowest BCUT2D eigenvalue weighted by molar-refractivity contribution is 0.673. The van der Waals surface area contributed by atoms with Gasteiger partial charge in [-0.2, -0.15) is 0 Å². The topological polar surface area (TPSA) is 47.1 Å². The van der Waals surface area contributed by atoms with Gasteiger partial charge in [-0.1, -0.05) is 140 Å². The van der Waals surface area contributed by atoms with Crippen molar-refractivity contribution in [1.29, 1.82) is 0 Å². The van der Waals surface area contributed by atoms with E-state index in [2.05, 4.69) is 198 Å². The Bertz CT molecular complexity index is 3850. The van der Waals surface area contributed by atoms with E-state index in [0.29, 0.717) is 5.95 Å². The molecule has 13 aromatic rings. The third-order valence-electron chi connectivity index (χ3n) is 12.0. The van der Waals surface area contributed by atoms with Gasteiger partial charge >= 0.3 is 0 Å². The average Bonchev–Trinajstić information content (AvgIpc) is 3.99. The zero-order valence-electron chi connectivity index (χ0n) is 32.1. The van der Waals surface area contributed by atoms with Crippen molar-refractivity contribution in [1.82, 2.24) is 14.5 Å². The van der Waals surface area contributed by atoms with Crippen molar-refractivity contribution in [2.24, 2.45) is 0 Å². The zero-order valence-corrected chi connectivity index (χ0v) is 32.9. The van der Waals surface area contributed by atoms with Crippen LogP contribution in [0.1, 0.15) is 0 Å². The van der Waals surface area contributed by atoms with Crippen molar-refractivity contribution in [2.45, 2.75) is 0 Å². The fourth-order valence-electron chi connectivity index (χ4n) is 9.32. The molecule has 0 spiro atoms. The van der Waals surface area contributed by atoms with Crippen LogP contribution in [0.2, 0.25) is 0 Å². The molecule has 0 atom stereocenters. The van der Waals surface area contributed by atoms with E-state index < -0.39 is 0 Å². The number of nitrogens with zero attached hydrogens (tertiary/aromatic N) is 4. The molecule has 0 aliphatic carbocycles. The molecular weight excluding hydrogens is 753 g/mol. The Kier molecular flexibility index (Phi) is 7.11. The van der Waals surface area contributed by atoms with Crippen molar-refractivity contribution >= 4 is 114 Å². The van der Waals surface area contributed by atoms with E-state index in [1.54, 1.807) is 11.3 Å². The third kappa shape index (κ3) is 4.86. The van der Waals surface area contributed by atoms with E-state index in [4.69, 9.17) is 14.4 Å². The number of benzene rings is 9. The van der Waals surface area contributed by atoms with Crippen LogP contribution in [-0.4, -0.2) is 14.5 Å². The van der Waals surface area contributed by atoms with E-state index in [0.717, 1.165) is 98.4 Å². The van der Waals surface area contributed by atoms with Crippen LogP contribution in [0.25, 0.3) is 103 Å². The zero-order chi connectivity index (χ0) is 39.3. The van der Waals surface area contributed by atoms with Crippen molar-refractivity contribution in [2.75, 3.05) is 4.90 Å². The lowest BCUT2D eigenvalue weighted by Gasteiger charge is -2.27. The van der Waals surface area contributed by atoms with Gasteiger partial charge < -0.3 is 9.32 Å². The highest BCUT2D eigenvalue weighted by molar-refractivity contribution is 7.26. The summed E-state index contributed by atoms with van der Waals surface area (Å²) >= 11 is 1.75. The van der Waals surface area contributed by atoms with Crippen LogP contribution in [0.3, 0.4) is 0 Å². The monoisotopic (exact) mass is 784 g/mol. The minimum Gasteiger partial charge on any atom is -0.455 e. The summed E-state index contributed by atoms with van der Waals surface area (Å²) in [7, 11) is 0. The number of furan rings is 1. The standard InChI is InChI=1S/C54H32N4OS/c1-3-16-34(17-4-1)50-53-51(41-24-12-14-26-47(41)60-53)56-54(55-50)58-43-25-13-11-23-40(43)49-44(58)30-29-42-48-39-22-10-9-21-38(39)45(32-46(48)59-52(42)49)57(36-19-5-2-6-20-36)37-28-27-33-15-7-8-18-35(33)31-37/h1-32H. The summed E-state index contributed by atoms with van der Waals surface area (Å²) in [4.78, 5) is 13.2. The van der Waals surface area contributed by atoms with Crippen molar-refractivity contribution < 1.29 is 4.42 Å². The number of para-hydroxylation sites is 2. The molecule has 5 nitrogen and oxygen atoms in total. The molecule has 0 fully saturated rings. The number of thiophene rings is 1. The molecule has 0 N–H and O–H groups in total. The predicted octanol–water partition coefficient (Wildman–Crippen LogP) is 15.3. The van der Waals surface area contributed by atoms with E-state index in [1.807, 2.05) is 6.07 Å². The smallest absolute Gasteiger partial charge is 0.235 e. The molecule has 4 aromatic heterocycles. The number of aromatic nitrogens is 3. The van der Waals surface area contributed by atoms with Crippen LogP contribution in [-0.2, 0) is 0 Å². The molecule has 60 heavy (non-hydrogen) atoms. The van der Waals surface area contributed by atoms with E-state index in [1.165, 1.54) is 15.5 Å². The van der Waals surface area contributed by atoms with Crippen molar-refractivity contribution in [3.8, 4) is 17.2 Å². The summed E-state index contributed by atoms with van der Waals surface area (Å²) in [5.74, 6) is 0.633. The number of anilines is 3. The van der Waals surface area contributed by atoms with Crippen molar-refractivity contribution in [3.05, 3.63) is 194 Å². The second kappa shape index (κ2) is 12.9. The number of fused-ring (bicyclic) bond motifs is 13. The quantitative estimate of drug-likeness (QED) is 0.174. The largest absolute Gasteiger partial charge is 0.455 e. The molecule has 0 unspecified atom stereocenters. The van der Waals surface area contributed by atoms with Crippen LogP contribution < -0.4 is 4.90 Å². The highest BCUT2D eigenvalue weighted by atomic mass is 32.1. The molecule has 0 amide bonds. The van der Waals surface area contributed by atoms with Crippen LogP contribution in [0.15, 0.2) is 199 Å². The first-order chi connectivity index (χ1) is 29.8. The van der Waals surface area contributed by atoms with Crippen molar-refractivity contribution in [3.63, 3.8) is 0 Å². The highest BCUT2D eigenvalue weighted by Gasteiger charge is 2.25. The summed E-state index contributed by atoms with van der Waals surface area (Å²) in [6.07, 6.45) is 0. The lowest BCUT2D eigenvalue weighted by Crippen LogP contribution is -2.10. The van der Waals surface area contributed by atoms with E-state index in [9.17, 15) is 0 Å². The minimum absolute atomic E-state index is 0.633. The van der Waals surface area contributed by atoms with E-state index >= 15 is 0 Å². The SMILES string of the molecule is c1ccc(-c2nc(-n3c4ccccc4c4c5oc6cc(N(c7ccccc7)c7ccc8ccccc8c7)c7ccccc7c6c5ccc43)nc3c2sc2ccccc23)cc1. The Labute approximate surface area is 347 Å². The molecule has 0 bridgehead atoms. The van der Waals surface area contributed by atoms with Gasteiger partial charge in [0.15, 0.2) is 0 Å². The summed E-state index contributed by atoms with van der Waals surface area (Å²) in [6.45, 7) is 0. The normalized spacial score (nSPS) is 12.0. The Balaban J connectivity index is 1.10. The van der Waals surface area contributed by atoms with Gasteiger partial charge in [0.05, 0.1) is 38.0 Å². The summed E-state index contributed by atoms with van der Waals surface area (Å²) in [5.41, 5.74) is 9.86. The first kappa shape index (κ1) is 33.2. The first-order valence-corrected chi connectivity index (χ1v) is 21.0.